The summed E-state index contributed by atoms with van der Waals surface area (Å²) in [4.78, 5) is 4.30. The summed E-state index contributed by atoms with van der Waals surface area (Å²) in [6, 6.07) is 6.05. The Kier molecular flexibility index (Phi) is 3.09. The summed E-state index contributed by atoms with van der Waals surface area (Å²) in [6.45, 7) is 4.35. The minimum Gasteiger partial charge on any atom is -0.304 e. The first kappa shape index (κ1) is 10.3. The van der Waals surface area contributed by atoms with Gasteiger partial charge in [0.15, 0.2) is 0 Å². The van der Waals surface area contributed by atoms with Gasteiger partial charge >= 0.3 is 0 Å². The molecule has 0 amide bonds. The van der Waals surface area contributed by atoms with Gasteiger partial charge < -0.3 is 4.40 Å². The molecule has 2 aromatic heterocycles. The van der Waals surface area contributed by atoms with Crippen LogP contribution in [0.25, 0.3) is 5.65 Å². The van der Waals surface area contributed by atoms with Crippen molar-refractivity contribution in [1.29, 1.82) is 0 Å². The molecule has 0 spiro atoms. The summed E-state index contributed by atoms with van der Waals surface area (Å²) in [5.41, 5.74) is 2.30. The van der Waals surface area contributed by atoms with Crippen LogP contribution in [-0.2, 0) is 0 Å². The first-order valence-electron chi connectivity index (χ1n) is 4.21. The Morgan fingerprint density at radius 3 is 2.77 bits per heavy atom. The highest BCUT2D eigenvalue weighted by atomic mass is 79.9. The molecule has 0 aliphatic heterocycles. The third kappa shape index (κ3) is 1.75. The second-order valence-corrected chi connectivity index (χ2v) is 3.27. The number of halogens is 1. The number of hydrogen-bond acceptors (Lipinski definition) is 1. The van der Waals surface area contributed by atoms with Crippen LogP contribution in [0, 0.1) is 0 Å². The Morgan fingerprint density at radius 1 is 1.31 bits per heavy atom. The highest BCUT2D eigenvalue weighted by Crippen LogP contribution is 2.15. The number of aromatic nitrogens is 2. The van der Waals surface area contributed by atoms with Gasteiger partial charge in [-0.25, -0.2) is 4.98 Å². The van der Waals surface area contributed by atoms with Crippen molar-refractivity contribution in [2.24, 2.45) is 0 Å². The number of imidazole rings is 1. The number of fused-ring (bicyclic) bond motifs is 1. The molecule has 70 valence electrons. The van der Waals surface area contributed by atoms with Crippen LogP contribution in [0.2, 0.25) is 0 Å². The lowest BCUT2D eigenvalue weighted by Crippen LogP contribution is -1.93. The number of hydrogen-bond donors (Lipinski definition) is 0. The lowest BCUT2D eigenvalue weighted by molar-refractivity contribution is 0.809. The third-order valence-corrected chi connectivity index (χ3v) is 2.04. The van der Waals surface area contributed by atoms with E-state index in [0.717, 1.165) is 5.65 Å². The fourth-order valence-corrected chi connectivity index (χ4v) is 1.38. The Morgan fingerprint density at radius 2 is 2.08 bits per heavy atom. The van der Waals surface area contributed by atoms with E-state index in [1.807, 2.05) is 24.4 Å². The highest BCUT2D eigenvalue weighted by Gasteiger charge is 2.04. The molecule has 0 atom stereocenters. The molecular weight excluding hydrogens is 228 g/mol. The van der Waals surface area contributed by atoms with Crippen molar-refractivity contribution in [2.45, 2.75) is 19.8 Å². The maximum atomic E-state index is 4.30. The van der Waals surface area contributed by atoms with Crippen LogP contribution >= 0.6 is 17.0 Å². The van der Waals surface area contributed by atoms with E-state index in [1.165, 1.54) is 5.69 Å². The van der Waals surface area contributed by atoms with Gasteiger partial charge in [0, 0.05) is 18.1 Å². The van der Waals surface area contributed by atoms with E-state index in [9.17, 15) is 0 Å². The average Bonchev–Trinajstić information content (AvgIpc) is 2.47. The topological polar surface area (TPSA) is 17.3 Å². The molecule has 0 N–H and O–H groups in total. The van der Waals surface area contributed by atoms with Crippen LogP contribution in [0.5, 0.6) is 0 Å². The predicted octanol–water partition coefficient (Wildman–Crippen LogP) is 3.04. The maximum Gasteiger partial charge on any atom is 0.136 e. The standard InChI is InChI=1S/C10H12N2.BrH/c1-8(2)9-7-11-10-5-3-4-6-12(9)10;/h3-8H,1-2H3;1H. The van der Waals surface area contributed by atoms with Gasteiger partial charge in [0.05, 0.1) is 0 Å². The maximum absolute atomic E-state index is 4.30. The number of nitrogens with zero attached hydrogens (tertiary/aromatic N) is 2. The zero-order chi connectivity index (χ0) is 8.55. The monoisotopic (exact) mass is 240 g/mol. The van der Waals surface area contributed by atoms with Gasteiger partial charge in [-0.3, -0.25) is 0 Å². The average molecular weight is 241 g/mol. The largest absolute Gasteiger partial charge is 0.304 e. The molecule has 0 bridgehead atoms. The summed E-state index contributed by atoms with van der Waals surface area (Å²) in [7, 11) is 0. The quantitative estimate of drug-likeness (QED) is 0.750. The highest BCUT2D eigenvalue weighted by molar-refractivity contribution is 8.93. The Hall–Kier alpha value is -0.830. The van der Waals surface area contributed by atoms with Crippen LogP contribution in [0.15, 0.2) is 30.6 Å². The Bertz CT molecular complexity index is 392. The Balaban J connectivity index is 0.000000845. The first-order valence-corrected chi connectivity index (χ1v) is 4.21. The van der Waals surface area contributed by atoms with Crippen LogP contribution in [-0.4, -0.2) is 9.38 Å². The SMILES string of the molecule is Br.CC(C)c1cnc2ccccn12. The molecule has 0 unspecified atom stereocenters. The van der Waals surface area contributed by atoms with Crippen molar-refractivity contribution < 1.29 is 0 Å². The summed E-state index contributed by atoms with van der Waals surface area (Å²) in [6.07, 6.45) is 4.00. The van der Waals surface area contributed by atoms with Gasteiger partial charge in [-0.1, -0.05) is 19.9 Å². The second-order valence-electron chi connectivity index (χ2n) is 3.27. The molecule has 0 aliphatic carbocycles. The van der Waals surface area contributed by atoms with Crippen LogP contribution in [0.1, 0.15) is 25.5 Å². The summed E-state index contributed by atoms with van der Waals surface area (Å²) >= 11 is 0. The van der Waals surface area contributed by atoms with E-state index >= 15 is 0 Å². The van der Waals surface area contributed by atoms with E-state index in [0.29, 0.717) is 5.92 Å². The third-order valence-electron chi connectivity index (χ3n) is 2.04. The van der Waals surface area contributed by atoms with Gasteiger partial charge in [0.1, 0.15) is 5.65 Å². The summed E-state index contributed by atoms with van der Waals surface area (Å²) < 4.78 is 2.13. The fourth-order valence-electron chi connectivity index (χ4n) is 1.38. The van der Waals surface area contributed by atoms with Crippen molar-refractivity contribution in [3.8, 4) is 0 Å². The molecule has 0 saturated heterocycles. The first-order chi connectivity index (χ1) is 5.79. The number of pyridine rings is 1. The molecule has 13 heavy (non-hydrogen) atoms. The molecule has 2 nitrogen and oxygen atoms in total. The summed E-state index contributed by atoms with van der Waals surface area (Å²) in [5.74, 6) is 0.530. The van der Waals surface area contributed by atoms with Crippen LogP contribution in [0.3, 0.4) is 0 Å². The molecule has 0 aromatic carbocycles. The normalized spacial score (nSPS) is 10.4. The van der Waals surface area contributed by atoms with Crippen molar-refractivity contribution in [3.63, 3.8) is 0 Å². The lowest BCUT2D eigenvalue weighted by Gasteiger charge is -2.03. The van der Waals surface area contributed by atoms with Crippen molar-refractivity contribution >= 4 is 22.6 Å². The number of rotatable bonds is 1. The van der Waals surface area contributed by atoms with Gasteiger partial charge in [0.25, 0.3) is 0 Å². The zero-order valence-corrected chi connectivity index (χ0v) is 9.48. The molecule has 3 heteroatoms. The van der Waals surface area contributed by atoms with E-state index in [-0.39, 0.29) is 17.0 Å². The minimum atomic E-state index is 0. The van der Waals surface area contributed by atoms with Gasteiger partial charge in [-0.2, -0.15) is 0 Å². The Labute approximate surface area is 88.4 Å². The van der Waals surface area contributed by atoms with E-state index in [4.69, 9.17) is 0 Å². The molecule has 0 radical (unpaired) electrons. The molecule has 2 aromatic rings. The fraction of sp³-hybridized carbons (Fsp3) is 0.300. The van der Waals surface area contributed by atoms with Crippen LogP contribution in [0.4, 0.5) is 0 Å². The predicted molar refractivity (Wildman–Crippen MR) is 59.6 cm³/mol. The molecule has 0 saturated carbocycles. The van der Waals surface area contributed by atoms with Crippen LogP contribution < -0.4 is 0 Å². The minimum absolute atomic E-state index is 0. The lowest BCUT2D eigenvalue weighted by atomic mass is 10.1. The molecule has 2 rings (SSSR count). The molecule has 0 fully saturated rings. The van der Waals surface area contributed by atoms with Crippen molar-refractivity contribution in [3.05, 3.63) is 36.3 Å². The molecule has 2 heterocycles. The summed E-state index contributed by atoms with van der Waals surface area (Å²) in [5, 5.41) is 0. The van der Waals surface area contributed by atoms with Gasteiger partial charge in [-0.05, 0) is 18.1 Å². The van der Waals surface area contributed by atoms with Gasteiger partial charge in [-0.15, -0.1) is 17.0 Å². The van der Waals surface area contributed by atoms with E-state index < -0.39 is 0 Å². The van der Waals surface area contributed by atoms with Crippen molar-refractivity contribution in [2.75, 3.05) is 0 Å². The zero-order valence-electron chi connectivity index (χ0n) is 7.77. The smallest absolute Gasteiger partial charge is 0.136 e. The van der Waals surface area contributed by atoms with Crippen molar-refractivity contribution in [1.82, 2.24) is 9.38 Å². The molecule has 0 aliphatic rings. The second kappa shape index (κ2) is 3.92. The van der Waals surface area contributed by atoms with E-state index in [2.05, 4.69) is 29.4 Å². The van der Waals surface area contributed by atoms with Gasteiger partial charge in [0.2, 0.25) is 0 Å². The van der Waals surface area contributed by atoms with E-state index in [1.54, 1.807) is 0 Å². The molecular formula is C10H13BrN2.